The molecule has 0 spiro atoms. The lowest BCUT2D eigenvalue weighted by Crippen LogP contribution is -2.35. The van der Waals surface area contributed by atoms with Crippen molar-refractivity contribution in [3.63, 3.8) is 0 Å². The lowest BCUT2D eigenvalue weighted by atomic mass is 10.3. The molecule has 5 nitrogen and oxygen atoms in total. The Labute approximate surface area is 113 Å². The first-order valence-electron chi connectivity index (χ1n) is 6.56. The summed E-state index contributed by atoms with van der Waals surface area (Å²) in [7, 11) is 3.63. The summed E-state index contributed by atoms with van der Waals surface area (Å²) < 4.78 is 2.26. The second kappa shape index (κ2) is 6.22. The van der Waals surface area contributed by atoms with E-state index in [2.05, 4.69) is 50.3 Å². The zero-order valence-electron chi connectivity index (χ0n) is 11.8. The second-order valence-electron chi connectivity index (χ2n) is 4.40. The number of nitrogens with one attached hydrogen (secondary N) is 2. The Morgan fingerprint density at radius 1 is 1.37 bits per heavy atom. The third-order valence-electron chi connectivity index (χ3n) is 3.16. The number of hydrogen-bond donors (Lipinski definition) is 2. The SMILES string of the molecule is CN=C(NC)NCCCn1c(C)nc2ccccc21. The normalized spacial score (nSPS) is 11.8. The van der Waals surface area contributed by atoms with Crippen LogP contribution in [0.25, 0.3) is 11.0 Å². The molecule has 0 amide bonds. The molecule has 102 valence electrons. The van der Waals surface area contributed by atoms with E-state index in [1.807, 2.05) is 13.1 Å². The molecule has 1 aromatic carbocycles. The molecule has 0 saturated carbocycles. The fraction of sp³-hybridized carbons (Fsp3) is 0.429. The Balaban J connectivity index is 1.97. The number of benzene rings is 1. The van der Waals surface area contributed by atoms with Gasteiger partial charge in [-0.25, -0.2) is 4.98 Å². The fourth-order valence-electron chi connectivity index (χ4n) is 2.20. The summed E-state index contributed by atoms with van der Waals surface area (Å²) in [6.45, 7) is 3.90. The molecule has 2 N–H and O–H groups in total. The maximum absolute atomic E-state index is 4.57. The zero-order chi connectivity index (χ0) is 13.7. The monoisotopic (exact) mass is 259 g/mol. The van der Waals surface area contributed by atoms with Gasteiger partial charge < -0.3 is 15.2 Å². The molecule has 0 unspecified atom stereocenters. The fourth-order valence-corrected chi connectivity index (χ4v) is 2.20. The highest BCUT2D eigenvalue weighted by molar-refractivity contribution is 5.79. The maximum atomic E-state index is 4.57. The Morgan fingerprint density at radius 3 is 2.89 bits per heavy atom. The number of para-hydroxylation sites is 2. The number of aliphatic imine (C=N–C) groups is 1. The van der Waals surface area contributed by atoms with Crippen molar-refractivity contribution in [1.82, 2.24) is 20.2 Å². The molecule has 0 aliphatic carbocycles. The minimum absolute atomic E-state index is 0.826. The number of aromatic nitrogens is 2. The molecule has 1 heterocycles. The summed E-state index contributed by atoms with van der Waals surface area (Å²) in [6, 6.07) is 8.26. The van der Waals surface area contributed by atoms with Crippen LogP contribution in [-0.2, 0) is 6.54 Å². The minimum Gasteiger partial charge on any atom is -0.359 e. The predicted molar refractivity (Wildman–Crippen MR) is 79.5 cm³/mol. The van der Waals surface area contributed by atoms with Crippen LogP contribution in [0.5, 0.6) is 0 Å². The van der Waals surface area contributed by atoms with Crippen LogP contribution < -0.4 is 10.6 Å². The first-order valence-corrected chi connectivity index (χ1v) is 6.56. The van der Waals surface area contributed by atoms with Gasteiger partial charge >= 0.3 is 0 Å². The molecule has 2 aromatic rings. The molecule has 0 atom stereocenters. The van der Waals surface area contributed by atoms with Gasteiger partial charge in [0.25, 0.3) is 0 Å². The number of aryl methyl sites for hydroxylation is 2. The number of hydrogen-bond acceptors (Lipinski definition) is 2. The van der Waals surface area contributed by atoms with Crippen LogP contribution in [0.4, 0.5) is 0 Å². The van der Waals surface area contributed by atoms with E-state index >= 15 is 0 Å². The van der Waals surface area contributed by atoms with Gasteiger partial charge in [-0.3, -0.25) is 4.99 Å². The van der Waals surface area contributed by atoms with Gasteiger partial charge in [-0.1, -0.05) is 12.1 Å². The zero-order valence-corrected chi connectivity index (χ0v) is 11.8. The molecule has 0 fully saturated rings. The van der Waals surface area contributed by atoms with E-state index in [0.717, 1.165) is 36.8 Å². The minimum atomic E-state index is 0.826. The number of rotatable bonds is 4. The van der Waals surface area contributed by atoms with E-state index in [4.69, 9.17) is 0 Å². The highest BCUT2D eigenvalue weighted by Crippen LogP contribution is 2.15. The Morgan fingerprint density at radius 2 is 2.16 bits per heavy atom. The molecular weight excluding hydrogens is 238 g/mol. The quantitative estimate of drug-likeness (QED) is 0.497. The van der Waals surface area contributed by atoms with Crippen LogP contribution in [0.1, 0.15) is 12.2 Å². The second-order valence-corrected chi connectivity index (χ2v) is 4.40. The smallest absolute Gasteiger partial charge is 0.190 e. The van der Waals surface area contributed by atoms with E-state index in [-0.39, 0.29) is 0 Å². The summed E-state index contributed by atoms with van der Waals surface area (Å²) in [5.74, 6) is 1.89. The van der Waals surface area contributed by atoms with Gasteiger partial charge in [0.15, 0.2) is 5.96 Å². The molecule has 5 heteroatoms. The van der Waals surface area contributed by atoms with Gasteiger partial charge in [0, 0.05) is 27.2 Å². The van der Waals surface area contributed by atoms with Gasteiger partial charge in [0.2, 0.25) is 0 Å². The first kappa shape index (κ1) is 13.4. The molecule has 0 radical (unpaired) electrons. The van der Waals surface area contributed by atoms with E-state index in [0.29, 0.717) is 0 Å². The van der Waals surface area contributed by atoms with Crippen molar-refractivity contribution < 1.29 is 0 Å². The van der Waals surface area contributed by atoms with Crippen LogP contribution in [0.2, 0.25) is 0 Å². The summed E-state index contributed by atoms with van der Waals surface area (Å²) in [4.78, 5) is 8.65. The Hall–Kier alpha value is -2.04. The average Bonchev–Trinajstić information content (AvgIpc) is 2.75. The Kier molecular flexibility index (Phi) is 4.39. The maximum Gasteiger partial charge on any atom is 0.190 e. The van der Waals surface area contributed by atoms with Crippen LogP contribution in [0, 0.1) is 6.92 Å². The number of fused-ring (bicyclic) bond motifs is 1. The highest BCUT2D eigenvalue weighted by atomic mass is 15.2. The van der Waals surface area contributed by atoms with Gasteiger partial charge in [0.1, 0.15) is 5.82 Å². The number of guanidine groups is 1. The molecule has 1 aromatic heterocycles. The van der Waals surface area contributed by atoms with Crippen LogP contribution in [0.3, 0.4) is 0 Å². The molecule has 19 heavy (non-hydrogen) atoms. The van der Waals surface area contributed by atoms with Gasteiger partial charge in [-0.2, -0.15) is 0 Å². The van der Waals surface area contributed by atoms with Crippen molar-refractivity contribution in [3.8, 4) is 0 Å². The summed E-state index contributed by atoms with van der Waals surface area (Å²) in [5.41, 5.74) is 2.27. The van der Waals surface area contributed by atoms with E-state index < -0.39 is 0 Å². The number of imidazole rings is 1. The lowest BCUT2D eigenvalue weighted by molar-refractivity contribution is 0.626. The van der Waals surface area contributed by atoms with Crippen molar-refractivity contribution in [2.45, 2.75) is 19.9 Å². The first-order chi connectivity index (χ1) is 9.26. The Bertz CT molecular complexity index is 570. The van der Waals surface area contributed by atoms with E-state index in [1.54, 1.807) is 7.05 Å². The summed E-state index contributed by atoms with van der Waals surface area (Å²) in [5, 5.41) is 6.26. The summed E-state index contributed by atoms with van der Waals surface area (Å²) in [6.07, 6.45) is 1.03. The van der Waals surface area contributed by atoms with E-state index in [9.17, 15) is 0 Å². The molecule has 0 saturated heterocycles. The molecule has 0 bridgehead atoms. The molecule has 2 rings (SSSR count). The van der Waals surface area contributed by atoms with Crippen molar-refractivity contribution >= 4 is 17.0 Å². The van der Waals surface area contributed by atoms with Crippen molar-refractivity contribution in [2.75, 3.05) is 20.6 Å². The molecule has 0 aliphatic heterocycles. The van der Waals surface area contributed by atoms with Crippen molar-refractivity contribution in [1.29, 1.82) is 0 Å². The lowest BCUT2D eigenvalue weighted by Gasteiger charge is -2.10. The topological polar surface area (TPSA) is 54.2 Å². The highest BCUT2D eigenvalue weighted by Gasteiger charge is 2.05. The number of nitrogens with zero attached hydrogens (tertiary/aromatic N) is 3. The summed E-state index contributed by atoms with van der Waals surface area (Å²) >= 11 is 0. The van der Waals surface area contributed by atoms with Gasteiger partial charge in [-0.05, 0) is 25.5 Å². The van der Waals surface area contributed by atoms with Crippen LogP contribution in [-0.4, -0.2) is 36.2 Å². The van der Waals surface area contributed by atoms with Crippen molar-refractivity contribution in [3.05, 3.63) is 30.1 Å². The van der Waals surface area contributed by atoms with Gasteiger partial charge in [0.05, 0.1) is 11.0 Å². The largest absolute Gasteiger partial charge is 0.359 e. The predicted octanol–water partition coefficient (Wildman–Crippen LogP) is 1.53. The standard InChI is InChI=1S/C14H21N5/c1-11-18-12-7-4-5-8-13(12)19(11)10-6-9-17-14(15-2)16-3/h4-5,7-8H,6,9-10H2,1-3H3,(H2,15,16,17). The van der Waals surface area contributed by atoms with Crippen LogP contribution >= 0.6 is 0 Å². The molecular formula is C14H21N5. The van der Waals surface area contributed by atoms with Crippen LogP contribution in [0.15, 0.2) is 29.3 Å². The van der Waals surface area contributed by atoms with Crippen molar-refractivity contribution in [2.24, 2.45) is 4.99 Å². The van der Waals surface area contributed by atoms with Gasteiger partial charge in [-0.15, -0.1) is 0 Å². The third-order valence-corrected chi connectivity index (χ3v) is 3.16. The third kappa shape index (κ3) is 3.05. The molecule has 0 aliphatic rings. The average molecular weight is 259 g/mol. The van der Waals surface area contributed by atoms with E-state index in [1.165, 1.54) is 5.52 Å².